The molecule has 1 aliphatic heterocycles. The molecular formula is C25H29F3N6O4. The fraction of sp³-hybridized carbons (Fsp3) is 0.480. The highest BCUT2D eigenvalue weighted by atomic mass is 19.4. The average molecular weight is 535 g/mol. The van der Waals surface area contributed by atoms with Crippen LogP contribution in [0.25, 0.3) is 16.9 Å². The van der Waals surface area contributed by atoms with E-state index in [0.29, 0.717) is 16.0 Å². The summed E-state index contributed by atoms with van der Waals surface area (Å²) in [5.74, 6) is -0.233. The van der Waals surface area contributed by atoms with E-state index < -0.39 is 35.5 Å². The van der Waals surface area contributed by atoms with Crippen molar-refractivity contribution in [2.24, 2.45) is 0 Å². The zero-order valence-corrected chi connectivity index (χ0v) is 22.0. The third-order valence-corrected chi connectivity index (χ3v) is 6.14. The van der Waals surface area contributed by atoms with Crippen LogP contribution in [0.5, 0.6) is 5.88 Å². The van der Waals surface area contributed by atoms with E-state index in [1.165, 1.54) is 36.1 Å². The van der Waals surface area contributed by atoms with E-state index in [9.17, 15) is 22.8 Å². The number of nitrogens with zero attached hydrogens (tertiary/aromatic N) is 6. The van der Waals surface area contributed by atoms with E-state index in [4.69, 9.17) is 9.47 Å². The molecule has 2 amide bonds. The van der Waals surface area contributed by atoms with E-state index in [2.05, 4.69) is 15.1 Å². The van der Waals surface area contributed by atoms with Crippen LogP contribution >= 0.6 is 0 Å². The quantitative estimate of drug-likeness (QED) is 0.496. The SMILES string of the molecule is COc1ccc(-c2nc3c(C(=O)N4CCN(C(=O)OC(C)(C)C)CC4C)cnn3c(C(F)(F)F)c2C)cn1. The van der Waals surface area contributed by atoms with Gasteiger partial charge in [0, 0.05) is 49.1 Å². The van der Waals surface area contributed by atoms with Crippen LogP contribution in [0.4, 0.5) is 18.0 Å². The highest BCUT2D eigenvalue weighted by molar-refractivity contribution is 6.00. The van der Waals surface area contributed by atoms with E-state index in [1.807, 2.05) is 0 Å². The zero-order valence-electron chi connectivity index (χ0n) is 22.0. The maximum atomic E-state index is 14.2. The predicted octanol–water partition coefficient (Wildman–Crippen LogP) is 4.21. The third-order valence-electron chi connectivity index (χ3n) is 6.14. The van der Waals surface area contributed by atoms with E-state index in [0.717, 1.165) is 6.20 Å². The molecule has 3 aromatic rings. The lowest BCUT2D eigenvalue weighted by atomic mass is 10.1. The maximum Gasteiger partial charge on any atom is 0.433 e. The number of fused-ring (bicyclic) bond motifs is 1. The lowest BCUT2D eigenvalue weighted by molar-refractivity contribution is -0.143. The topological polar surface area (TPSA) is 102 Å². The Morgan fingerprint density at radius 2 is 1.82 bits per heavy atom. The fourth-order valence-electron chi connectivity index (χ4n) is 4.39. The van der Waals surface area contributed by atoms with Gasteiger partial charge in [-0.15, -0.1) is 0 Å². The molecule has 1 atom stereocenters. The summed E-state index contributed by atoms with van der Waals surface area (Å²) in [6, 6.07) is 2.65. The molecule has 1 unspecified atom stereocenters. The number of halogens is 3. The molecule has 204 valence electrons. The van der Waals surface area contributed by atoms with Gasteiger partial charge in [-0.25, -0.2) is 19.3 Å². The molecular weight excluding hydrogens is 505 g/mol. The van der Waals surface area contributed by atoms with Crippen LogP contribution in [-0.2, 0) is 10.9 Å². The number of ether oxygens (including phenoxy) is 2. The van der Waals surface area contributed by atoms with Crippen molar-refractivity contribution in [1.29, 1.82) is 0 Å². The van der Waals surface area contributed by atoms with Crippen LogP contribution in [0.1, 0.15) is 49.3 Å². The van der Waals surface area contributed by atoms with Crippen molar-refractivity contribution < 1.29 is 32.2 Å². The monoisotopic (exact) mass is 534 g/mol. The minimum absolute atomic E-state index is 0.0253. The number of methoxy groups -OCH3 is 1. The second-order valence-corrected chi connectivity index (χ2v) is 10.1. The molecule has 0 radical (unpaired) electrons. The van der Waals surface area contributed by atoms with Crippen molar-refractivity contribution in [2.45, 2.75) is 52.4 Å². The number of hydrogen-bond donors (Lipinski definition) is 0. The number of amides is 2. The van der Waals surface area contributed by atoms with Gasteiger partial charge in [-0.3, -0.25) is 4.79 Å². The first kappa shape index (κ1) is 27.1. The molecule has 1 aliphatic rings. The summed E-state index contributed by atoms with van der Waals surface area (Å²) < 4.78 is 53.7. The number of piperazine rings is 1. The first-order valence-electron chi connectivity index (χ1n) is 12.0. The molecule has 0 aromatic carbocycles. The second-order valence-electron chi connectivity index (χ2n) is 10.1. The largest absolute Gasteiger partial charge is 0.481 e. The number of pyridine rings is 1. The van der Waals surface area contributed by atoms with Crippen LogP contribution in [0.15, 0.2) is 24.5 Å². The molecule has 0 saturated carbocycles. The summed E-state index contributed by atoms with van der Waals surface area (Å²) in [4.78, 5) is 37.6. The van der Waals surface area contributed by atoms with Crippen molar-refractivity contribution >= 4 is 17.6 Å². The Labute approximate surface area is 217 Å². The molecule has 0 aliphatic carbocycles. The summed E-state index contributed by atoms with van der Waals surface area (Å²) in [6.07, 6.45) is -2.79. The second kappa shape index (κ2) is 9.76. The highest BCUT2D eigenvalue weighted by Gasteiger charge is 2.40. The third kappa shape index (κ3) is 5.22. The van der Waals surface area contributed by atoms with Gasteiger partial charge in [-0.1, -0.05) is 0 Å². The Hall–Kier alpha value is -3.90. The van der Waals surface area contributed by atoms with Gasteiger partial charge in [0.1, 0.15) is 11.2 Å². The molecule has 4 rings (SSSR count). The van der Waals surface area contributed by atoms with Crippen LogP contribution in [-0.4, -0.2) is 79.8 Å². The molecule has 0 bridgehead atoms. The van der Waals surface area contributed by atoms with Crippen LogP contribution < -0.4 is 4.74 Å². The summed E-state index contributed by atoms with van der Waals surface area (Å²) in [6.45, 7) is 8.95. The van der Waals surface area contributed by atoms with Gasteiger partial charge in [0.15, 0.2) is 11.3 Å². The normalized spacial score (nSPS) is 16.6. The summed E-state index contributed by atoms with van der Waals surface area (Å²) in [5.41, 5.74) is -1.79. The first-order valence-corrected chi connectivity index (χ1v) is 12.0. The molecule has 0 spiro atoms. The average Bonchev–Trinajstić information content (AvgIpc) is 3.24. The smallest absolute Gasteiger partial charge is 0.433 e. The van der Waals surface area contributed by atoms with E-state index >= 15 is 0 Å². The highest BCUT2D eigenvalue weighted by Crippen LogP contribution is 2.36. The van der Waals surface area contributed by atoms with Crippen LogP contribution in [0.3, 0.4) is 0 Å². The number of hydrogen-bond acceptors (Lipinski definition) is 7. The number of alkyl halides is 3. The van der Waals surface area contributed by atoms with Crippen LogP contribution in [0, 0.1) is 6.92 Å². The number of carbonyl (C=O) groups excluding carboxylic acids is 2. The fourth-order valence-corrected chi connectivity index (χ4v) is 4.39. The Bertz CT molecular complexity index is 1360. The lowest BCUT2D eigenvalue weighted by Gasteiger charge is -2.40. The standard InChI is InChI=1S/C25H29F3N6O4/c1-14-13-32(23(36)38-24(3,4)5)9-10-33(14)22(35)17-12-30-34-20(25(26,27)28)15(2)19(31-21(17)34)16-7-8-18(37-6)29-11-16/h7-8,11-12,14H,9-10,13H2,1-6H3. The molecule has 38 heavy (non-hydrogen) atoms. The Morgan fingerprint density at radius 3 is 2.37 bits per heavy atom. The molecule has 1 saturated heterocycles. The van der Waals surface area contributed by atoms with Crippen molar-refractivity contribution in [3.05, 3.63) is 41.3 Å². The number of rotatable bonds is 3. The van der Waals surface area contributed by atoms with Gasteiger partial charge in [0.2, 0.25) is 5.88 Å². The Kier molecular flexibility index (Phi) is 6.97. The van der Waals surface area contributed by atoms with E-state index in [1.54, 1.807) is 33.8 Å². The lowest BCUT2D eigenvalue weighted by Crippen LogP contribution is -2.56. The maximum absolute atomic E-state index is 14.2. The molecule has 3 aromatic heterocycles. The minimum Gasteiger partial charge on any atom is -0.481 e. The number of carbonyl (C=O) groups is 2. The van der Waals surface area contributed by atoms with E-state index in [-0.39, 0.29) is 42.1 Å². The van der Waals surface area contributed by atoms with Crippen LogP contribution in [0.2, 0.25) is 0 Å². The van der Waals surface area contributed by atoms with Gasteiger partial charge in [-0.05, 0) is 40.7 Å². The Morgan fingerprint density at radius 1 is 1.11 bits per heavy atom. The van der Waals surface area contributed by atoms with Crippen molar-refractivity contribution in [3.63, 3.8) is 0 Å². The van der Waals surface area contributed by atoms with Gasteiger partial charge in [-0.2, -0.15) is 18.3 Å². The van der Waals surface area contributed by atoms with Gasteiger partial charge in [0.25, 0.3) is 5.91 Å². The first-order chi connectivity index (χ1) is 17.7. The van der Waals surface area contributed by atoms with Crippen molar-refractivity contribution in [2.75, 3.05) is 26.7 Å². The molecule has 10 nitrogen and oxygen atoms in total. The summed E-state index contributed by atoms with van der Waals surface area (Å²) in [5, 5.41) is 3.90. The Balaban J connectivity index is 1.71. The summed E-state index contributed by atoms with van der Waals surface area (Å²) >= 11 is 0. The predicted molar refractivity (Wildman–Crippen MR) is 131 cm³/mol. The number of aromatic nitrogens is 4. The van der Waals surface area contributed by atoms with Gasteiger partial charge >= 0.3 is 12.3 Å². The van der Waals surface area contributed by atoms with Crippen molar-refractivity contribution in [3.8, 4) is 17.1 Å². The molecule has 0 N–H and O–H groups in total. The van der Waals surface area contributed by atoms with Crippen molar-refractivity contribution in [1.82, 2.24) is 29.4 Å². The summed E-state index contributed by atoms with van der Waals surface area (Å²) in [7, 11) is 1.43. The zero-order chi connectivity index (χ0) is 28.0. The van der Waals surface area contributed by atoms with Gasteiger partial charge in [0.05, 0.1) is 19.0 Å². The minimum atomic E-state index is -4.77. The van der Waals surface area contributed by atoms with Gasteiger partial charge < -0.3 is 19.3 Å². The molecule has 4 heterocycles. The molecule has 1 fully saturated rings. The molecule has 13 heteroatoms.